The van der Waals surface area contributed by atoms with Gasteiger partial charge in [-0.25, -0.2) is 0 Å². The molecule has 2 aliphatic heterocycles. The first kappa shape index (κ1) is 32.4. The lowest BCUT2D eigenvalue weighted by Crippen LogP contribution is -2.53. The van der Waals surface area contributed by atoms with Gasteiger partial charge in [0.05, 0.1) is 39.5 Å². The molecular weight excluding hydrogens is 672 g/mol. The van der Waals surface area contributed by atoms with Crippen LogP contribution in [0.4, 0.5) is 17.1 Å². The molecule has 11 nitrogen and oxygen atoms in total. The Labute approximate surface area is 297 Å². The number of amides is 4. The minimum atomic E-state index is -1.50. The molecule has 4 amide bonds. The highest BCUT2D eigenvalue weighted by atomic mass is 35.5. The monoisotopic (exact) mass is 702 g/mol. The van der Waals surface area contributed by atoms with Crippen molar-refractivity contribution in [3.8, 4) is 5.75 Å². The Bertz CT molecular complexity index is 2170. The fourth-order valence-electron chi connectivity index (χ4n) is 8.82. The second-order valence-corrected chi connectivity index (χ2v) is 14.0. The van der Waals surface area contributed by atoms with Crippen molar-refractivity contribution in [1.82, 2.24) is 5.01 Å². The number of fused-ring (bicyclic) bond motifs is 4. The lowest BCUT2D eigenvalue weighted by molar-refractivity contribution is -0.384. The van der Waals surface area contributed by atoms with Crippen LogP contribution in [0.25, 0.3) is 0 Å². The number of halogens is 1. The number of nitro benzene ring substituents is 1. The smallest absolute Gasteiger partial charge is 0.269 e. The number of allylic oxidation sites excluding steroid dienone is 2. The van der Waals surface area contributed by atoms with E-state index >= 15 is 4.79 Å². The third-order valence-corrected chi connectivity index (χ3v) is 11.3. The van der Waals surface area contributed by atoms with Crippen LogP contribution in [0.3, 0.4) is 0 Å². The molecule has 256 valence electrons. The molecule has 0 bridgehead atoms. The summed E-state index contributed by atoms with van der Waals surface area (Å²) >= 11 is 6.91. The van der Waals surface area contributed by atoms with Gasteiger partial charge in [0.2, 0.25) is 11.8 Å². The summed E-state index contributed by atoms with van der Waals surface area (Å²) in [7, 11) is 0. The lowest BCUT2D eigenvalue weighted by Gasteiger charge is -2.50. The summed E-state index contributed by atoms with van der Waals surface area (Å²) in [6, 6.07) is 26.2. The molecule has 6 atom stereocenters. The van der Waals surface area contributed by atoms with Gasteiger partial charge in [-0.3, -0.25) is 39.6 Å². The van der Waals surface area contributed by atoms with Crippen molar-refractivity contribution in [2.45, 2.75) is 31.1 Å². The van der Waals surface area contributed by atoms with Crippen molar-refractivity contribution in [3.63, 3.8) is 0 Å². The number of carbonyl (C=O) groups is 4. The zero-order valence-electron chi connectivity index (χ0n) is 27.2. The third-order valence-electron chi connectivity index (χ3n) is 11.0. The van der Waals surface area contributed by atoms with E-state index < -0.39 is 63.6 Å². The van der Waals surface area contributed by atoms with Crippen LogP contribution in [0, 0.1) is 40.7 Å². The van der Waals surface area contributed by atoms with E-state index in [1.807, 2.05) is 55.5 Å². The summed E-state index contributed by atoms with van der Waals surface area (Å²) in [6.07, 6.45) is 2.20. The van der Waals surface area contributed by atoms with Crippen molar-refractivity contribution >= 4 is 52.3 Å². The van der Waals surface area contributed by atoms with E-state index in [2.05, 4.69) is 5.43 Å². The summed E-state index contributed by atoms with van der Waals surface area (Å²) in [4.78, 5) is 70.1. The standard InChI is InChI=1S/C39H31ClN4O7/c1-21-7-9-23(10-8-21)41-43-36(47)31-20-30-27(17-18-29-33(30)37(48)42(35(29)46)24-11-13-25(14-12-24)44(50)51)34(28-16-15-26(45)19-32(28)40)39(31,38(43)49)22-5-3-2-4-6-22/h2-17,19,29-31,33-34,41,45H,18,20H2,1H3/t29-,30+,31-,33-,34+,39+/m0/s1. The number of carbonyl (C=O) groups excluding carboxylic acids is 4. The average Bonchev–Trinajstić information content (AvgIpc) is 3.50. The zero-order valence-corrected chi connectivity index (χ0v) is 28.0. The number of rotatable bonds is 6. The summed E-state index contributed by atoms with van der Waals surface area (Å²) in [5.74, 6) is -5.99. The van der Waals surface area contributed by atoms with Gasteiger partial charge in [-0.2, -0.15) is 5.01 Å². The molecule has 12 heteroatoms. The van der Waals surface area contributed by atoms with Crippen molar-refractivity contribution in [2.24, 2.45) is 23.7 Å². The number of anilines is 2. The Morgan fingerprint density at radius 3 is 2.25 bits per heavy atom. The van der Waals surface area contributed by atoms with Crippen molar-refractivity contribution < 1.29 is 29.2 Å². The van der Waals surface area contributed by atoms with Gasteiger partial charge in [-0.1, -0.05) is 77.3 Å². The molecule has 0 spiro atoms. The minimum absolute atomic E-state index is 0.0779. The van der Waals surface area contributed by atoms with E-state index in [4.69, 9.17) is 11.6 Å². The van der Waals surface area contributed by atoms with Crippen molar-refractivity contribution in [1.29, 1.82) is 0 Å². The van der Waals surface area contributed by atoms with Gasteiger partial charge in [0.1, 0.15) is 5.75 Å². The van der Waals surface area contributed by atoms with E-state index in [-0.39, 0.29) is 35.0 Å². The molecule has 2 N–H and O–H groups in total. The number of phenolic OH excluding ortho intramolecular Hbond substituents is 1. The summed E-state index contributed by atoms with van der Waals surface area (Å²) < 4.78 is 0. The number of hydrogen-bond donors (Lipinski definition) is 2. The first-order valence-corrected chi connectivity index (χ1v) is 17.0. The van der Waals surface area contributed by atoms with Crippen molar-refractivity contribution in [2.75, 3.05) is 10.3 Å². The number of aromatic hydroxyl groups is 1. The fourth-order valence-corrected chi connectivity index (χ4v) is 9.10. The SMILES string of the molecule is Cc1ccc(NN2C(=O)[C@@H]3C[C@@H]4C(=CC[C@@H]5C(=O)N(c6ccc([N+](=O)[O-])cc6)C(=O)[C@@H]54)[C@H](c4ccc(O)cc4Cl)[C@]3(c3ccccc3)C2=O)cc1. The van der Waals surface area contributed by atoms with Gasteiger partial charge >= 0.3 is 0 Å². The third kappa shape index (κ3) is 4.79. The second-order valence-electron chi connectivity index (χ2n) is 13.6. The molecule has 0 unspecified atom stereocenters. The van der Waals surface area contributed by atoms with Crippen LogP contribution in [0.1, 0.15) is 35.4 Å². The lowest BCUT2D eigenvalue weighted by atomic mass is 9.49. The Kier molecular flexibility index (Phi) is 7.57. The second kappa shape index (κ2) is 11.9. The van der Waals surface area contributed by atoms with Gasteiger partial charge < -0.3 is 5.11 Å². The normalized spacial score (nSPS) is 26.8. The zero-order chi connectivity index (χ0) is 35.8. The Morgan fingerprint density at radius 2 is 1.59 bits per heavy atom. The molecule has 3 fully saturated rings. The van der Waals surface area contributed by atoms with E-state index in [0.717, 1.165) is 15.5 Å². The quantitative estimate of drug-likeness (QED) is 0.101. The van der Waals surface area contributed by atoms with Gasteiger partial charge in [0.25, 0.3) is 17.5 Å². The van der Waals surface area contributed by atoms with Crippen LogP contribution in [0.15, 0.2) is 109 Å². The fraction of sp³-hybridized carbons (Fsp3) is 0.231. The van der Waals surface area contributed by atoms with Crippen LogP contribution < -0.4 is 10.3 Å². The molecule has 0 radical (unpaired) electrons. The molecule has 4 aliphatic rings. The number of hydrogen-bond acceptors (Lipinski definition) is 8. The number of nitro groups is 1. The van der Waals surface area contributed by atoms with Gasteiger partial charge in [0.15, 0.2) is 0 Å². The van der Waals surface area contributed by atoms with E-state index in [0.29, 0.717) is 22.4 Å². The van der Waals surface area contributed by atoms with Crippen molar-refractivity contribution in [3.05, 3.63) is 141 Å². The first-order valence-electron chi connectivity index (χ1n) is 16.6. The van der Waals surface area contributed by atoms with E-state index in [9.17, 15) is 29.6 Å². The maximum Gasteiger partial charge on any atom is 0.269 e. The van der Waals surface area contributed by atoms with Crippen LogP contribution in [0.2, 0.25) is 5.02 Å². The van der Waals surface area contributed by atoms with Crippen LogP contribution >= 0.6 is 11.6 Å². The molecule has 2 aliphatic carbocycles. The largest absolute Gasteiger partial charge is 0.508 e. The summed E-state index contributed by atoms with van der Waals surface area (Å²) in [6.45, 7) is 1.93. The van der Waals surface area contributed by atoms with Crippen LogP contribution in [-0.2, 0) is 24.6 Å². The predicted molar refractivity (Wildman–Crippen MR) is 187 cm³/mol. The Morgan fingerprint density at radius 1 is 0.882 bits per heavy atom. The number of benzene rings is 4. The molecule has 8 rings (SSSR count). The van der Waals surface area contributed by atoms with E-state index in [1.54, 1.807) is 18.2 Å². The predicted octanol–water partition coefficient (Wildman–Crippen LogP) is 6.45. The van der Waals surface area contributed by atoms with Crippen LogP contribution in [0.5, 0.6) is 5.75 Å². The number of nitrogens with zero attached hydrogens (tertiary/aromatic N) is 3. The number of aryl methyl sites for hydroxylation is 1. The number of phenols is 1. The van der Waals surface area contributed by atoms with Gasteiger partial charge in [-0.15, -0.1) is 0 Å². The molecule has 4 aromatic rings. The molecular formula is C39H31ClN4O7. The molecule has 4 aromatic carbocycles. The molecule has 0 aromatic heterocycles. The molecule has 1 saturated carbocycles. The molecule has 2 saturated heterocycles. The van der Waals surface area contributed by atoms with Gasteiger partial charge in [-0.05, 0) is 73.2 Å². The average molecular weight is 703 g/mol. The number of nitrogens with one attached hydrogen (secondary N) is 1. The Hall–Kier alpha value is -5.81. The maximum atomic E-state index is 15.2. The summed E-state index contributed by atoms with van der Waals surface area (Å²) in [5, 5.41) is 22.9. The summed E-state index contributed by atoms with van der Waals surface area (Å²) in [5.41, 5.74) is 4.96. The topological polar surface area (TPSA) is 150 Å². The highest BCUT2D eigenvalue weighted by Gasteiger charge is 2.70. The number of non-ortho nitro benzene ring substituents is 1. The number of hydrazine groups is 1. The Balaban J connectivity index is 1.30. The van der Waals surface area contributed by atoms with Gasteiger partial charge in [0, 0.05) is 23.1 Å². The highest BCUT2D eigenvalue weighted by molar-refractivity contribution is 6.31. The van der Waals surface area contributed by atoms with E-state index in [1.165, 1.54) is 36.4 Å². The number of imide groups is 2. The minimum Gasteiger partial charge on any atom is -0.508 e. The maximum absolute atomic E-state index is 15.2. The molecule has 51 heavy (non-hydrogen) atoms. The highest BCUT2D eigenvalue weighted by Crippen LogP contribution is 2.64. The molecule has 2 heterocycles. The first-order chi connectivity index (χ1) is 24.5. The van der Waals surface area contributed by atoms with Crippen LogP contribution in [-0.4, -0.2) is 38.7 Å².